The minimum absolute atomic E-state index is 0.117. The van der Waals surface area contributed by atoms with Gasteiger partial charge in [0.15, 0.2) is 0 Å². The molecule has 1 heterocycles. The van der Waals surface area contributed by atoms with Crippen molar-refractivity contribution < 1.29 is 27.2 Å². The van der Waals surface area contributed by atoms with Crippen molar-refractivity contribution in [2.45, 2.75) is 52.2 Å². The van der Waals surface area contributed by atoms with Crippen molar-refractivity contribution in [2.24, 2.45) is 0 Å². The summed E-state index contributed by atoms with van der Waals surface area (Å²) in [5.41, 5.74) is 1.53. The molecule has 0 unspecified atom stereocenters. The zero-order valence-corrected chi connectivity index (χ0v) is 19.7. The minimum atomic E-state index is -4.32. The normalized spacial score (nSPS) is 13.1. The van der Waals surface area contributed by atoms with Crippen molar-refractivity contribution in [3.63, 3.8) is 0 Å². The molecular weight excluding hydrogens is 442 g/mol. The Balaban J connectivity index is 2.13. The van der Waals surface area contributed by atoms with E-state index in [4.69, 9.17) is 14.0 Å². The first-order valence-electron chi connectivity index (χ1n) is 9.76. The van der Waals surface area contributed by atoms with E-state index in [2.05, 4.69) is 10.3 Å². The number of carbonyl (C=O) groups is 1. The van der Waals surface area contributed by atoms with Crippen LogP contribution in [0, 0.1) is 0 Å². The van der Waals surface area contributed by atoms with Crippen LogP contribution < -0.4 is 10.0 Å². The number of anilines is 1. The SMILES string of the molecule is CCOC(=O)Cc1csc([C@H](Cc2ccc(NS(=O)(=O)O)cc2)NCOC(C)(C)C)n1. The number of carbonyl (C=O) groups excluding carboxylic acids is 1. The van der Waals surface area contributed by atoms with Crippen LogP contribution in [0.25, 0.3) is 0 Å². The fourth-order valence-corrected chi connectivity index (χ4v) is 3.95. The van der Waals surface area contributed by atoms with E-state index in [1.54, 1.807) is 31.2 Å². The van der Waals surface area contributed by atoms with Gasteiger partial charge in [0.2, 0.25) is 0 Å². The second-order valence-corrected chi connectivity index (χ2v) is 9.84. The molecule has 2 aromatic rings. The summed E-state index contributed by atoms with van der Waals surface area (Å²) in [4.78, 5) is 16.3. The van der Waals surface area contributed by atoms with Gasteiger partial charge >= 0.3 is 16.3 Å². The highest BCUT2D eigenvalue weighted by Gasteiger charge is 2.19. The Morgan fingerprint density at radius 1 is 1.26 bits per heavy atom. The number of nitrogens with one attached hydrogen (secondary N) is 2. The second-order valence-electron chi connectivity index (χ2n) is 7.79. The lowest BCUT2D eigenvalue weighted by Gasteiger charge is -2.23. The highest BCUT2D eigenvalue weighted by Crippen LogP contribution is 2.24. The number of rotatable bonds is 11. The van der Waals surface area contributed by atoms with Crippen molar-refractivity contribution in [3.8, 4) is 0 Å². The van der Waals surface area contributed by atoms with E-state index in [-0.39, 0.29) is 29.7 Å². The Labute approximate surface area is 187 Å². The molecule has 0 spiro atoms. The first-order valence-corrected chi connectivity index (χ1v) is 12.1. The zero-order valence-electron chi connectivity index (χ0n) is 18.0. The number of esters is 1. The van der Waals surface area contributed by atoms with Crippen LogP contribution in [0.15, 0.2) is 29.6 Å². The van der Waals surface area contributed by atoms with Gasteiger partial charge in [0.05, 0.1) is 42.8 Å². The molecule has 0 saturated carbocycles. The number of aromatic nitrogens is 1. The smallest absolute Gasteiger partial charge is 0.357 e. The summed E-state index contributed by atoms with van der Waals surface area (Å²) in [7, 11) is -4.32. The van der Waals surface area contributed by atoms with E-state index < -0.39 is 10.3 Å². The molecule has 1 atom stereocenters. The molecule has 172 valence electrons. The fraction of sp³-hybridized carbons (Fsp3) is 0.500. The lowest BCUT2D eigenvalue weighted by atomic mass is 10.1. The van der Waals surface area contributed by atoms with Crippen LogP contribution in [-0.4, -0.2) is 42.9 Å². The van der Waals surface area contributed by atoms with Crippen molar-refractivity contribution in [1.82, 2.24) is 10.3 Å². The highest BCUT2D eigenvalue weighted by atomic mass is 32.2. The van der Waals surface area contributed by atoms with Crippen LogP contribution in [-0.2, 0) is 37.4 Å². The summed E-state index contributed by atoms with van der Waals surface area (Å²) < 4.78 is 43.6. The van der Waals surface area contributed by atoms with Gasteiger partial charge in [-0.1, -0.05) is 12.1 Å². The molecule has 3 N–H and O–H groups in total. The topological polar surface area (TPSA) is 127 Å². The molecule has 0 amide bonds. The molecule has 0 radical (unpaired) electrons. The van der Waals surface area contributed by atoms with Gasteiger partial charge in [-0.25, -0.2) is 4.98 Å². The van der Waals surface area contributed by atoms with E-state index in [9.17, 15) is 13.2 Å². The van der Waals surface area contributed by atoms with Gasteiger partial charge in [-0.05, 0) is 51.8 Å². The molecule has 0 aliphatic rings. The predicted octanol–water partition coefficient (Wildman–Crippen LogP) is 3.11. The van der Waals surface area contributed by atoms with Crippen LogP contribution in [0.2, 0.25) is 0 Å². The molecular formula is C20H29N3O6S2. The predicted molar refractivity (Wildman–Crippen MR) is 119 cm³/mol. The third-order valence-electron chi connectivity index (χ3n) is 3.97. The summed E-state index contributed by atoms with van der Waals surface area (Å²) in [6, 6.07) is 6.49. The Kier molecular flexibility index (Phi) is 8.95. The summed E-state index contributed by atoms with van der Waals surface area (Å²) in [6.45, 7) is 8.29. The maximum Gasteiger partial charge on any atom is 0.357 e. The second kappa shape index (κ2) is 11.0. The van der Waals surface area contributed by atoms with Crippen LogP contribution >= 0.6 is 11.3 Å². The summed E-state index contributed by atoms with van der Waals surface area (Å²) in [5.74, 6) is -0.318. The number of thiazole rings is 1. The van der Waals surface area contributed by atoms with Crippen molar-refractivity contribution >= 4 is 33.3 Å². The number of hydrogen-bond donors (Lipinski definition) is 3. The van der Waals surface area contributed by atoms with Crippen molar-refractivity contribution in [1.29, 1.82) is 0 Å². The van der Waals surface area contributed by atoms with Gasteiger partial charge in [0.1, 0.15) is 5.01 Å². The molecule has 31 heavy (non-hydrogen) atoms. The van der Waals surface area contributed by atoms with Gasteiger partial charge in [-0.15, -0.1) is 11.3 Å². The molecule has 9 nitrogen and oxygen atoms in total. The van der Waals surface area contributed by atoms with Crippen molar-refractivity contribution in [2.75, 3.05) is 18.1 Å². The molecule has 0 saturated heterocycles. The van der Waals surface area contributed by atoms with Gasteiger partial charge in [0, 0.05) is 5.38 Å². The Morgan fingerprint density at radius 3 is 2.52 bits per heavy atom. The molecule has 2 rings (SSSR count). The Morgan fingerprint density at radius 2 is 1.94 bits per heavy atom. The number of nitrogens with zero attached hydrogens (tertiary/aromatic N) is 1. The monoisotopic (exact) mass is 471 g/mol. The van der Waals surface area contributed by atoms with E-state index in [1.165, 1.54) is 11.3 Å². The maximum atomic E-state index is 11.7. The fourth-order valence-electron chi connectivity index (χ4n) is 2.62. The van der Waals surface area contributed by atoms with Crippen molar-refractivity contribution in [3.05, 3.63) is 45.9 Å². The quantitative estimate of drug-likeness (QED) is 0.259. The largest absolute Gasteiger partial charge is 0.466 e. The molecule has 1 aromatic heterocycles. The number of benzene rings is 1. The third-order valence-corrected chi connectivity index (χ3v) is 5.47. The van der Waals surface area contributed by atoms with Gasteiger partial charge in [-0.3, -0.25) is 19.4 Å². The Hall–Kier alpha value is -2.05. The minimum Gasteiger partial charge on any atom is -0.466 e. The molecule has 0 bridgehead atoms. The van der Waals surface area contributed by atoms with Crippen LogP contribution in [0.5, 0.6) is 0 Å². The van der Waals surface area contributed by atoms with Crippen LogP contribution in [0.1, 0.15) is 50.0 Å². The summed E-state index contributed by atoms with van der Waals surface area (Å²) >= 11 is 1.44. The lowest BCUT2D eigenvalue weighted by molar-refractivity contribution is -0.142. The summed E-state index contributed by atoms with van der Waals surface area (Å²) in [6.07, 6.45) is 0.678. The summed E-state index contributed by atoms with van der Waals surface area (Å²) in [5, 5.41) is 5.98. The van der Waals surface area contributed by atoms with E-state index in [1.807, 2.05) is 30.9 Å². The molecule has 0 aliphatic carbocycles. The number of hydrogen-bond acceptors (Lipinski definition) is 8. The van der Waals surface area contributed by atoms with Gasteiger partial charge < -0.3 is 9.47 Å². The Bertz CT molecular complexity index is 952. The molecule has 0 fully saturated rings. The molecule has 11 heteroatoms. The van der Waals surface area contributed by atoms with E-state index in [0.717, 1.165) is 10.6 Å². The van der Waals surface area contributed by atoms with E-state index >= 15 is 0 Å². The van der Waals surface area contributed by atoms with E-state index in [0.29, 0.717) is 25.5 Å². The highest BCUT2D eigenvalue weighted by molar-refractivity contribution is 7.87. The molecule has 0 aliphatic heterocycles. The maximum absolute atomic E-state index is 11.7. The first-order chi connectivity index (χ1) is 14.4. The zero-order chi connectivity index (χ0) is 23.1. The molecule has 1 aromatic carbocycles. The lowest BCUT2D eigenvalue weighted by Crippen LogP contribution is -2.31. The standard InChI is InChI=1S/C20H29N3O6S2/c1-5-28-18(24)11-16-12-30-19(22-16)17(21-13-29-20(2,3)4)10-14-6-8-15(9-7-14)23-31(25,26)27/h6-9,12,17,21,23H,5,10-11,13H2,1-4H3,(H,25,26,27)/t17-/m0/s1. The first kappa shape index (κ1) is 25.2. The van der Waals surface area contributed by atoms with Gasteiger partial charge in [-0.2, -0.15) is 8.42 Å². The number of ether oxygens (including phenoxy) is 2. The van der Waals surface area contributed by atoms with Crippen LogP contribution in [0.4, 0.5) is 5.69 Å². The average Bonchev–Trinajstić information content (AvgIpc) is 3.08. The van der Waals surface area contributed by atoms with Crippen LogP contribution in [0.3, 0.4) is 0 Å². The third kappa shape index (κ3) is 9.74. The van der Waals surface area contributed by atoms with Gasteiger partial charge in [0.25, 0.3) is 0 Å². The average molecular weight is 472 g/mol.